The molecule has 16 heavy (non-hydrogen) atoms. The lowest BCUT2D eigenvalue weighted by Gasteiger charge is -2.12. The molecule has 2 atom stereocenters. The topological polar surface area (TPSA) is 75.7 Å². The van der Waals surface area contributed by atoms with Crippen molar-refractivity contribution < 1.29 is 19.3 Å². The Labute approximate surface area is 93.5 Å². The van der Waals surface area contributed by atoms with Crippen LogP contribution in [0.25, 0.3) is 0 Å². The van der Waals surface area contributed by atoms with Crippen molar-refractivity contribution in [3.05, 3.63) is 29.6 Å². The van der Waals surface area contributed by atoms with E-state index in [9.17, 15) is 4.39 Å². The van der Waals surface area contributed by atoms with Crippen molar-refractivity contribution in [2.75, 3.05) is 13.2 Å². The van der Waals surface area contributed by atoms with E-state index in [1.165, 1.54) is 12.1 Å². The number of rotatable bonds is 5. The quantitative estimate of drug-likeness (QED) is 0.690. The molecule has 0 aliphatic rings. The van der Waals surface area contributed by atoms with Gasteiger partial charge in [0.25, 0.3) is 0 Å². The third-order valence-electron chi connectivity index (χ3n) is 2.12. The molecule has 90 valence electrons. The van der Waals surface area contributed by atoms with Gasteiger partial charge in [0.15, 0.2) is 11.6 Å². The molecule has 0 amide bonds. The maximum absolute atomic E-state index is 13.4. The smallest absolute Gasteiger partial charge is 0.165 e. The van der Waals surface area contributed by atoms with E-state index in [1.54, 1.807) is 13.0 Å². The summed E-state index contributed by atoms with van der Waals surface area (Å²) in [5.74, 6) is -0.489. The Bertz CT molecular complexity index is 344. The molecule has 5 heteroatoms. The summed E-state index contributed by atoms with van der Waals surface area (Å²) in [4.78, 5) is 0. The molecule has 0 saturated carbocycles. The van der Waals surface area contributed by atoms with E-state index in [1.807, 2.05) is 0 Å². The summed E-state index contributed by atoms with van der Waals surface area (Å²) in [6, 6.07) is 4.17. The van der Waals surface area contributed by atoms with E-state index in [-0.39, 0.29) is 18.4 Å². The van der Waals surface area contributed by atoms with Crippen LogP contribution >= 0.6 is 0 Å². The van der Waals surface area contributed by atoms with Crippen molar-refractivity contribution >= 4 is 0 Å². The SMILES string of the molecule is C[C@@H](N)c1ccc(OCC(O)CO)c(F)c1. The van der Waals surface area contributed by atoms with Gasteiger partial charge in [0.05, 0.1) is 6.61 Å². The molecule has 0 heterocycles. The van der Waals surface area contributed by atoms with Crippen LogP contribution in [0.5, 0.6) is 5.75 Å². The highest BCUT2D eigenvalue weighted by Crippen LogP contribution is 2.21. The number of nitrogens with two attached hydrogens (primary N) is 1. The lowest BCUT2D eigenvalue weighted by atomic mass is 10.1. The Morgan fingerprint density at radius 2 is 2.19 bits per heavy atom. The zero-order valence-corrected chi connectivity index (χ0v) is 9.06. The van der Waals surface area contributed by atoms with Crippen LogP contribution in [0.15, 0.2) is 18.2 Å². The molecule has 0 radical (unpaired) electrons. The zero-order valence-electron chi connectivity index (χ0n) is 9.06. The van der Waals surface area contributed by atoms with E-state index in [0.717, 1.165) is 0 Å². The molecule has 0 aliphatic carbocycles. The van der Waals surface area contributed by atoms with E-state index >= 15 is 0 Å². The average Bonchev–Trinajstić information content (AvgIpc) is 2.26. The molecule has 0 saturated heterocycles. The monoisotopic (exact) mass is 229 g/mol. The van der Waals surface area contributed by atoms with Crippen molar-refractivity contribution in [1.82, 2.24) is 0 Å². The first kappa shape index (κ1) is 12.9. The first-order chi connectivity index (χ1) is 7.54. The minimum absolute atomic E-state index is 0.0388. The molecule has 0 aliphatic heterocycles. The van der Waals surface area contributed by atoms with Crippen LogP contribution in [0.3, 0.4) is 0 Å². The van der Waals surface area contributed by atoms with Crippen molar-refractivity contribution in [2.24, 2.45) is 5.73 Å². The maximum Gasteiger partial charge on any atom is 0.165 e. The minimum atomic E-state index is -1.01. The summed E-state index contributed by atoms with van der Waals surface area (Å²) in [5.41, 5.74) is 6.27. The highest BCUT2D eigenvalue weighted by molar-refractivity contribution is 5.30. The van der Waals surface area contributed by atoms with Gasteiger partial charge in [-0.05, 0) is 24.6 Å². The lowest BCUT2D eigenvalue weighted by molar-refractivity contribution is 0.0523. The van der Waals surface area contributed by atoms with Crippen LogP contribution in [-0.4, -0.2) is 29.5 Å². The van der Waals surface area contributed by atoms with Gasteiger partial charge in [-0.3, -0.25) is 0 Å². The van der Waals surface area contributed by atoms with Crippen LogP contribution in [0, 0.1) is 5.82 Å². The van der Waals surface area contributed by atoms with Crippen LogP contribution < -0.4 is 10.5 Å². The largest absolute Gasteiger partial charge is 0.488 e. The summed E-state index contributed by atoms with van der Waals surface area (Å²) in [6.07, 6.45) is -1.01. The highest BCUT2D eigenvalue weighted by atomic mass is 19.1. The maximum atomic E-state index is 13.4. The highest BCUT2D eigenvalue weighted by Gasteiger charge is 2.09. The van der Waals surface area contributed by atoms with Gasteiger partial charge >= 0.3 is 0 Å². The lowest BCUT2D eigenvalue weighted by Crippen LogP contribution is -2.21. The van der Waals surface area contributed by atoms with E-state index in [4.69, 9.17) is 20.7 Å². The second-order valence-electron chi connectivity index (χ2n) is 3.63. The van der Waals surface area contributed by atoms with Crippen molar-refractivity contribution in [2.45, 2.75) is 19.1 Å². The van der Waals surface area contributed by atoms with Crippen molar-refractivity contribution in [3.8, 4) is 5.75 Å². The summed E-state index contributed by atoms with van der Waals surface area (Å²) in [5, 5.41) is 17.6. The number of aliphatic hydroxyl groups excluding tert-OH is 2. The second-order valence-corrected chi connectivity index (χ2v) is 3.63. The predicted molar refractivity (Wildman–Crippen MR) is 57.6 cm³/mol. The Hall–Kier alpha value is -1.17. The number of hydrogen-bond acceptors (Lipinski definition) is 4. The van der Waals surface area contributed by atoms with Crippen LogP contribution in [0.4, 0.5) is 4.39 Å². The first-order valence-electron chi connectivity index (χ1n) is 5.01. The van der Waals surface area contributed by atoms with Crippen LogP contribution in [0.2, 0.25) is 0 Å². The first-order valence-corrected chi connectivity index (χ1v) is 5.01. The molecule has 0 fully saturated rings. The fourth-order valence-electron chi connectivity index (χ4n) is 1.16. The molecule has 1 unspecified atom stereocenters. The van der Waals surface area contributed by atoms with Gasteiger partial charge < -0.3 is 20.7 Å². The zero-order chi connectivity index (χ0) is 12.1. The van der Waals surface area contributed by atoms with Gasteiger partial charge in [-0.1, -0.05) is 6.07 Å². The molecule has 1 rings (SSSR count). The van der Waals surface area contributed by atoms with Crippen LogP contribution in [-0.2, 0) is 0 Å². The predicted octanol–water partition coefficient (Wildman–Crippen LogP) is 0.577. The number of halogens is 1. The molecule has 4 N–H and O–H groups in total. The van der Waals surface area contributed by atoms with Crippen molar-refractivity contribution in [3.63, 3.8) is 0 Å². The number of hydrogen-bond donors (Lipinski definition) is 3. The fraction of sp³-hybridized carbons (Fsp3) is 0.455. The molecule has 1 aromatic rings. The molecule has 0 spiro atoms. The third-order valence-corrected chi connectivity index (χ3v) is 2.12. The van der Waals surface area contributed by atoms with Gasteiger partial charge in [-0.2, -0.15) is 0 Å². The average molecular weight is 229 g/mol. The van der Waals surface area contributed by atoms with Crippen LogP contribution in [0.1, 0.15) is 18.5 Å². The summed E-state index contributed by atoms with van der Waals surface area (Å²) < 4.78 is 18.4. The molecule has 0 aromatic heterocycles. The summed E-state index contributed by atoms with van der Waals surface area (Å²) in [7, 11) is 0. The molecule has 4 nitrogen and oxygen atoms in total. The van der Waals surface area contributed by atoms with Gasteiger partial charge in [-0.15, -0.1) is 0 Å². The number of benzene rings is 1. The van der Waals surface area contributed by atoms with Gasteiger partial charge in [0.2, 0.25) is 0 Å². The van der Waals surface area contributed by atoms with E-state index < -0.39 is 18.5 Å². The number of ether oxygens (including phenoxy) is 1. The normalized spacial score (nSPS) is 14.6. The summed E-state index contributed by atoms with van der Waals surface area (Å²) in [6.45, 7) is 1.19. The Morgan fingerprint density at radius 3 is 2.69 bits per heavy atom. The van der Waals surface area contributed by atoms with Gasteiger partial charge in [0.1, 0.15) is 12.7 Å². The number of aliphatic hydroxyl groups is 2. The van der Waals surface area contributed by atoms with E-state index in [2.05, 4.69) is 0 Å². The Morgan fingerprint density at radius 1 is 1.50 bits per heavy atom. The third kappa shape index (κ3) is 3.44. The molecule has 0 bridgehead atoms. The van der Waals surface area contributed by atoms with Gasteiger partial charge in [-0.25, -0.2) is 4.39 Å². The van der Waals surface area contributed by atoms with Gasteiger partial charge in [0, 0.05) is 6.04 Å². The van der Waals surface area contributed by atoms with E-state index in [0.29, 0.717) is 5.56 Å². The molecule has 1 aromatic carbocycles. The second kappa shape index (κ2) is 5.79. The Kier molecular flexibility index (Phi) is 4.67. The molecular weight excluding hydrogens is 213 g/mol. The minimum Gasteiger partial charge on any atom is -0.488 e. The standard InChI is InChI=1S/C11H16FNO3/c1-7(13)8-2-3-11(10(12)4-8)16-6-9(15)5-14/h2-4,7,9,14-15H,5-6,13H2,1H3/t7-,9?/m1/s1. The van der Waals surface area contributed by atoms with Crippen molar-refractivity contribution in [1.29, 1.82) is 0 Å². The molecular formula is C11H16FNO3. The Balaban J connectivity index is 2.68. The fourth-order valence-corrected chi connectivity index (χ4v) is 1.16. The summed E-state index contributed by atoms with van der Waals surface area (Å²) >= 11 is 0.